The van der Waals surface area contributed by atoms with Crippen molar-refractivity contribution in [3.63, 3.8) is 0 Å². The molecule has 3 amide bonds. The van der Waals surface area contributed by atoms with Crippen LogP contribution >= 0.6 is 0 Å². The lowest BCUT2D eigenvalue weighted by atomic mass is 9.63. The van der Waals surface area contributed by atoms with Gasteiger partial charge in [0.25, 0.3) is 0 Å². The zero-order chi connectivity index (χ0) is 24.6. The van der Waals surface area contributed by atoms with Crippen LogP contribution in [0.5, 0.6) is 5.75 Å². The van der Waals surface area contributed by atoms with E-state index >= 15 is 0 Å². The molecule has 7 nitrogen and oxygen atoms in total. The predicted molar refractivity (Wildman–Crippen MR) is 129 cm³/mol. The van der Waals surface area contributed by atoms with Crippen LogP contribution in [0.4, 0.5) is 5.69 Å². The van der Waals surface area contributed by atoms with Crippen molar-refractivity contribution in [2.75, 3.05) is 11.4 Å². The average Bonchev–Trinajstić information content (AvgIpc) is 3.58. The molecule has 36 heavy (non-hydrogen) atoms. The maximum absolute atomic E-state index is 13.3. The van der Waals surface area contributed by atoms with Crippen molar-refractivity contribution in [1.82, 2.24) is 4.90 Å². The highest BCUT2D eigenvalue weighted by Crippen LogP contribution is 2.65. The third-order valence-electron chi connectivity index (χ3n) is 8.74. The Balaban J connectivity index is 1.01. The number of likely N-dealkylation sites (tertiary alicyclic amines) is 1. The second-order valence-corrected chi connectivity index (χ2v) is 10.7. The van der Waals surface area contributed by atoms with Gasteiger partial charge in [0.2, 0.25) is 17.7 Å². The van der Waals surface area contributed by atoms with Gasteiger partial charge in [0.15, 0.2) is 0 Å². The Bertz CT molecular complexity index is 1270. The molecule has 2 heterocycles. The Morgan fingerprint density at radius 1 is 0.861 bits per heavy atom. The molecule has 2 saturated heterocycles. The Morgan fingerprint density at radius 2 is 1.50 bits per heavy atom. The van der Waals surface area contributed by atoms with E-state index in [1.165, 1.54) is 4.90 Å². The second kappa shape index (κ2) is 7.88. The lowest BCUT2D eigenvalue weighted by Gasteiger charge is -2.37. The predicted octanol–water partition coefficient (Wildman–Crippen LogP) is 3.20. The molecule has 4 fully saturated rings. The van der Waals surface area contributed by atoms with Gasteiger partial charge < -0.3 is 9.64 Å². The number of allylic oxidation sites excluding steroid dienone is 2. The first-order chi connectivity index (χ1) is 17.5. The first-order valence-electron chi connectivity index (χ1n) is 12.7. The molecule has 0 unspecified atom stereocenters. The summed E-state index contributed by atoms with van der Waals surface area (Å²) in [5.41, 5.74) is 1.53. The third-order valence-corrected chi connectivity index (χ3v) is 8.74. The first-order valence-corrected chi connectivity index (χ1v) is 12.7. The van der Waals surface area contributed by atoms with Crippen molar-refractivity contribution < 1.29 is 23.9 Å². The SMILES string of the molecule is O=C(Oc1ccc(N2C(=O)[C@@H]3[C@H]4C=C[C@@H]([C@@H]5C[C@H]45)[C@@H]3C2=O)cc1)[C@H]1CC(=O)N(Cc2ccccc2)C1. The number of rotatable bonds is 5. The number of nitrogens with zero attached hydrogens (tertiary/aromatic N) is 2. The van der Waals surface area contributed by atoms with Crippen LogP contribution in [0.3, 0.4) is 0 Å². The molecule has 8 rings (SSSR count). The molecular formula is C29H26N2O5. The number of hydrogen-bond donors (Lipinski definition) is 0. The molecule has 182 valence electrons. The molecule has 2 aromatic carbocycles. The number of carbonyl (C=O) groups excluding carboxylic acids is 4. The Labute approximate surface area is 208 Å². The molecule has 7 atom stereocenters. The normalized spacial score (nSPS) is 33.7. The summed E-state index contributed by atoms with van der Waals surface area (Å²) in [5.74, 6) is 0.0704. The molecule has 4 aliphatic carbocycles. The summed E-state index contributed by atoms with van der Waals surface area (Å²) in [6.07, 6.45) is 5.58. The maximum Gasteiger partial charge on any atom is 0.316 e. The van der Waals surface area contributed by atoms with Crippen LogP contribution in [-0.4, -0.2) is 35.1 Å². The van der Waals surface area contributed by atoms with Gasteiger partial charge in [0.05, 0.1) is 23.4 Å². The van der Waals surface area contributed by atoms with E-state index in [0.29, 0.717) is 36.4 Å². The van der Waals surface area contributed by atoms with Crippen LogP contribution in [0.15, 0.2) is 66.7 Å². The summed E-state index contributed by atoms with van der Waals surface area (Å²) >= 11 is 0. The summed E-state index contributed by atoms with van der Waals surface area (Å²) in [6.45, 7) is 0.791. The number of ether oxygens (including phenoxy) is 1. The molecule has 0 radical (unpaired) electrons. The molecule has 6 aliphatic rings. The third kappa shape index (κ3) is 3.25. The van der Waals surface area contributed by atoms with Crippen molar-refractivity contribution in [1.29, 1.82) is 0 Å². The van der Waals surface area contributed by atoms with E-state index in [-0.39, 0.29) is 47.8 Å². The van der Waals surface area contributed by atoms with E-state index in [4.69, 9.17) is 4.74 Å². The van der Waals surface area contributed by atoms with Crippen molar-refractivity contribution in [3.05, 3.63) is 72.3 Å². The van der Waals surface area contributed by atoms with Crippen LogP contribution in [-0.2, 0) is 25.7 Å². The molecule has 0 spiro atoms. The lowest BCUT2D eigenvalue weighted by Crippen LogP contribution is -2.40. The van der Waals surface area contributed by atoms with Gasteiger partial charge in [-0.2, -0.15) is 0 Å². The highest BCUT2D eigenvalue weighted by molar-refractivity contribution is 6.22. The van der Waals surface area contributed by atoms with E-state index < -0.39 is 11.9 Å². The topological polar surface area (TPSA) is 84.0 Å². The number of esters is 1. The minimum atomic E-state index is -0.528. The molecule has 2 aliphatic heterocycles. The quantitative estimate of drug-likeness (QED) is 0.283. The van der Waals surface area contributed by atoms with Gasteiger partial charge >= 0.3 is 5.97 Å². The lowest BCUT2D eigenvalue weighted by molar-refractivity contribution is -0.139. The highest BCUT2D eigenvalue weighted by atomic mass is 16.5. The summed E-state index contributed by atoms with van der Waals surface area (Å²) in [4.78, 5) is 54.8. The zero-order valence-corrected chi connectivity index (χ0v) is 19.7. The number of carbonyl (C=O) groups is 4. The molecule has 2 bridgehead atoms. The fourth-order valence-electron chi connectivity index (χ4n) is 6.96. The van der Waals surface area contributed by atoms with Crippen molar-refractivity contribution >= 4 is 29.4 Å². The van der Waals surface area contributed by atoms with E-state index in [1.54, 1.807) is 29.2 Å². The monoisotopic (exact) mass is 482 g/mol. The summed E-state index contributed by atoms with van der Waals surface area (Å²) in [5, 5.41) is 0. The number of anilines is 1. The van der Waals surface area contributed by atoms with E-state index in [2.05, 4.69) is 12.2 Å². The fourth-order valence-corrected chi connectivity index (χ4v) is 6.96. The maximum atomic E-state index is 13.3. The number of hydrogen-bond acceptors (Lipinski definition) is 5. The second-order valence-electron chi connectivity index (χ2n) is 10.7. The molecule has 7 heteroatoms. The van der Waals surface area contributed by atoms with E-state index in [0.717, 1.165) is 12.0 Å². The van der Waals surface area contributed by atoms with Crippen molar-refractivity contribution in [3.8, 4) is 5.75 Å². The molecule has 2 saturated carbocycles. The van der Waals surface area contributed by atoms with Crippen LogP contribution in [0.1, 0.15) is 18.4 Å². The van der Waals surface area contributed by atoms with Crippen molar-refractivity contribution in [2.45, 2.75) is 19.4 Å². The van der Waals surface area contributed by atoms with E-state index in [9.17, 15) is 19.2 Å². The van der Waals surface area contributed by atoms with E-state index in [1.807, 2.05) is 30.3 Å². The van der Waals surface area contributed by atoms with Gasteiger partial charge in [-0.1, -0.05) is 42.5 Å². The van der Waals surface area contributed by atoms with Crippen molar-refractivity contribution in [2.24, 2.45) is 41.4 Å². The van der Waals surface area contributed by atoms with Crippen LogP contribution in [0, 0.1) is 41.4 Å². The highest BCUT2D eigenvalue weighted by Gasteiger charge is 2.67. The van der Waals surface area contributed by atoms with Gasteiger partial charge in [0, 0.05) is 19.5 Å². The Kier molecular flexibility index (Phi) is 4.72. The van der Waals surface area contributed by atoms with Gasteiger partial charge in [-0.25, -0.2) is 0 Å². The Morgan fingerprint density at radius 3 is 2.14 bits per heavy atom. The Hall–Kier alpha value is -3.74. The fraction of sp³-hybridized carbons (Fsp3) is 0.379. The smallest absolute Gasteiger partial charge is 0.316 e. The largest absolute Gasteiger partial charge is 0.426 e. The van der Waals surface area contributed by atoms with Crippen LogP contribution in [0.2, 0.25) is 0 Å². The first kappa shape index (κ1) is 21.5. The minimum absolute atomic E-state index is 0.0650. The van der Waals surface area contributed by atoms with Gasteiger partial charge in [-0.05, 0) is 59.9 Å². The van der Waals surface area contributed by atoms with Gasteiger partial charge in [0.1, 0.15) is 5.75 Å². The van der Waals surface area contributed by atoms with Gasteiger partial charge in [-0.3, -0.25) is 24.1 Å². The minimum Gasteiger partial charge on any atom is -0.426 e. The zero-order valence-electron chi connectivity index (χ0n) is 19.7. The standard InChI is InChI=1S/C29H26N2O5/c32-24-12-17(15-30(24)14-16-4-2-1-3-5-16)29(35)36-19-8-6-18(7-9-19)31-27(33)25-20-10-11-21(23-13-22(20)23)26(25)28(31)34/h1-11,17,20-23,25-26H,12-15H2/t17-,20-,21-,22-,23+,25-,26+/m0/s1. The molecule has 2 aromatic rings. The average molecular weight is 483 g/mol. The van der Waals surface area contributed by atoms with Gasteiger partial charge in [-0.15, -0.1) is 0 Å². The summed E-state index contributed by atoms with van der Waals surface area (Å²) < 4.78 is 5.56. The summed E-state index contributed by atoms with van der Waals surface area (Å²) in [7, 11) is 0. The van der Waals surface area contributed by atoms with Crippen LogP contribution < -0.4 is 9.64 Å². The summed E-state index contributed by atoms with van der Waals surface area (Å²) in [6, 6.07) is 16.2. The molecular weight excluding hydrogens is 456 g/mol. The number of amides is 3. The molecule has 0 aromatic heterocycles. The molecule has 0 N–H and O–H groups in total. The van der Waals surface area contributed by atoms with Crippen LogP contribution in [0.25, 0.3) is 0 Å². The number of imide groups is 1. The number of benzene rings is 2.